The number of rotatable bonds is 5. The lowest BCUT2D eigenvalue weighted by molar-refractivity contribution is -0.122. The van der Waals surface area contributed by atoms with Gasteiger partial charge in [-0.2, -0.15) is 0 Å². The predicted molar refractivity (Wildman–Crippen MR) is 90.7 cm³/mol. The number of benzene rings is 2. The maximum Gasteiger partial charge on any atom is 0.222 e. The molecule has 1 saturated carbocycles. The van der Waals surface area contributed by atoms with Crippen LogP contribution in [0.15, 0.2) is 54.6 Å². The molecular weight excluding hydrogens is 315 g/mol. The van der Waals surface area contributed by atoms with Gasteiger partial charge >= 0.3 is 0 Å². The van der Waals surface area contributed by atoms with Gasteiger partial charge in [0.2, 0.25) is 5.91 Å². The minimum atomic E-state index is -0.543. The topological polar surface area (TPSA) is 55.1 Å². The second-order valence-corrected chi connectivity index (χ2v) is 5.83. The van der Waals surface area contributed by atoms with Crippen molar-refractivity contribution in [1.29, 1.82) is 0 Å². The zero-order valence-corrected chi connectivity index (χ0v) is 13.5. The molecule has 23 heavy (non-hydrogen) atoms. The van der Waals surface area contributed by atoms with E-state index in [1.54, 1.807) is 18.2 Å². The van der Waals surface area contributed by atoms with Crippen molar-refractivity contribution < 1.29 is 9.18 Å². The number of halogens is 2. The molecule has 2 aromatic carbocycles. The minimum absolute atomic E-state index is 0. The molecule has 1 unspecified atom stereocenters. The first-order valence-corrected chi connectivity index (χ1v) is 7.47. The maximum atomic E-state index is 13.9. The lowest BCUT2D eigenvalue weighted by Gasteiger charge is -2.20. The number of hydrogen-bond acceptors (Lipinski definition) is 2. The van der Waals surface area contributed by atoms with Gasteiger partial charge in [0.15, 0.2) is 0 Å². The highest BCUT2D eigenvalue weighted by atomic mass is 35.5. The molecule has 0 saturated heterocycles. The van der Waals surface area contributed by atoms with Crippen LogP contribution in [-0.4, -0.2) is 5.91 Å². The fraction of sp³-hybridized carbons (Fsp3) is 0.278. The van der Waals surface area contributed by atoms with Crippen molar-refractivity contribution in [1.82, 2.24) is 5.32 Å². The molecule has 0 radical (unpaired) electrons. The summed E-state index contributed by atoms with van der Waals surface area (Å²) in [4.78, 5) is 12.3. The molecule has 3 N–H and O–H groups in total. The highest BCUT2D eigenvalue weighted by molar-refractivity contribution is 5.85. The summed E-state index contributed by atoms with van der Waals surface area (Å²) in [5.74, 6) is -0.412. The third kappa shape index (κ3) is 3.89. The van der Waals surface area contributed by atoms with Gasteiger partial charge < -0.3 is 11.1 Å². The number of nitrogens with one attached hydrogen (secondary N) is 1. The Morgan fingerprint density at radius 3 is 2.35 bits per heavy atom. The van der Waals surface area contributed by atoms with Gasteiger partial charge in [0, 0.05) is 18.0 Å². The molecule has 0 aliphatic heterocycles. The van der Waals surface area contributed by atoms with Crippen LogP contribution in [0, 0.1) is 5.82 Å². The van der Waals surface area contributed by atoms with Gasteiger partial charge in [0.1, 0.15) is 5.82 Å². The summed E-state index contributed by atoms with van der Waals surface area (Å²) in [6.45, 7) is 0. The van der Waals surface area contributed by atoms with E-state index >= 15 is 0 Å². The molecule has 5 heteroatoms. The highest BCUT2D eigenvalue weighted by Crippen LogP contribution is 2.46. The van der Waals surface area contributed by atoms with Crippen LogP contribution in [0.5, 0.6) is 0 Å². The van der Waals surface area contributed by atoms with Crippen molar-refractivity contribution >= 4 is 18.3 Å². The quantitative estimate of drug-likeness (QED) is 0.880. The molecule has 3 rings (SSSR count). The van der Waals surface area contributed by atoms with E-state index in [0.29, 0.717) is 5.56 Å². The standard InChI is InChI=1S/C18H19FN2O.ClH/c19-15-9-5-4-8-14(15)18(10-11-18)21-17(22)12-16(20)13-6-2-1-3-7-13;/h1-9,16H,10-12,20H2,(H,21,22);1H. The van der Waals surface area contributed by atoms with Crippen molar-refractivity contribution in [3.8, 4) is 0 Å². The van der Waals surface area contributed by atoms with Crippen LogP contribution in [0.3, 0.4) is 0 Å². The molecule has 2 aromatic rings. The molecular formula is C18H20ClFN2O. The molecule has 0 heterocycles. The lowest BCUT2D eigenvalue weighted by atomic mass is 10.0. The van der Waals surface area contributed by atoms with Crippen LogP contribution in [0.4, 0.5) is 4.39 Å². The number of amides is 1. The summed E-state index contributed by atoms with van der Waals surface area (Å²) in [5.41, 5.74) is 7.02. The summed E-state index contributed by atoms with van der Waals surface area (Å²) in [6.07, 6.45) is 1.72. The van der Waals surface area contributed by atoms with E-state index in [9.17, 15) is 9.18 Å². The van der Waals surface area contributed by atoms with E-state index in [4.69, 9.17) is 5.73 Å². The minimum Gasteiger partial charge on any atom is -0.346 e. The lowest BCUT2D eigenvalue weighted by Crippen LogP contribution is -2.37. The molecule has 1 aliphatic carbocycles. The van der Waals surface area contributed by atoms with Crippen molar-refractivity contribution in [3.05, 3.63) is 71.5 Å². The first-order chi connectivity index (χ1) is 10.6. The Labute approximate surface area is 141 Å². The number of carbonyl (C=O) groups excluding carboxylic acids is 1. The van der Waals surface area contributed by atoms with E-state index in [1.807, 2.05) is 30.3 Å². The maximum absolute atomic E-state index is 13.9. The Morgan fingerprint density at radius 1 is 1.13 bits per heavy atom. The molecule has 122 valence electrons. The fourth-order valence-corrected chi connectivity index (χ4v) is 2.77. The highest BCUT2D eigenvalue weighted by Gasteiger charge is 2.47. The Bertz CT molecular complexity index is 674. The molecule has 3 nitrogen and oxygen atoms in total. The van der Waals surface area contributed by atoms with Gasteiger partial charge in [-0.05, 0) is 24.5 Å². The second-order valence-electron chi connectivity index (χ2n) is 5.83. The average Bonchev–Trinajstić information content (AvgIpc) is 3.28. The van der Waals surface area contributed by atoms with Gasteiger partial charge in [-0.15, -0.1) is 12.4 Å². The third-order valence-corrected chi connectivity index (χ3v) is 4.15. The van der Waals surface area contributed by atoms with Crippen molar-refractivity contribution in [2.45, 2.75) is 30.8 Å². The van der Waals surface area contributed by atoms with Crippen LogP contribution < -0.4 is 11.1 Å². The number of hydrogen-bond donors (Lipinski definition) is 2. The van der Waals surface area contributed by atoms with Gasteiger partial charge in [0.05, 0.1) is 5.54 Å². The van der Waals surface area contributed by atoms with Crippen molar-refractivity contribution in [2.24, 2.45) is 5.73 Å². The first-order valence-electron chi connectivity index (χ1n) is 7.47. The van der Waals surface area contributed by atoms with Gasteiger partial charge in [-0.3, -0.25) is 4.79 Å². The molecule has 0 aromatic heterocycles. The zero-order valence-electron chi connectivity index (χ0n) is 12.7. The molecule has 1 aliphatic rings. The first kappa shape index (κ1) is 17.4. The summed E-state index contributed by atoms with van der Waals surface area (Å²) < 4.78 is 13.9. The van der Waals surface area contributed by atoms with Crippen LogP contribution in [-0.2, 0) is 10.3 Å². The van der Waals surface area contributed by atoms with Crippen LogP contribution in [0.2, 0.25) is 0 Å². The Balaban J connectivity index is 0.00000192. The fourth-order valence-electron chi connectivity index (χ4n) is 2.77. The Morgan fingerprint density at radius 2 is 1.74 bits per heavy atom. The summed E-state index contributed by atoms with van der Waals surface area (Å²) >= 11 is 0. The predicted octanol–water partition coefficient (Wildman–Crippen LogP) is 3.44. The van der Waals surface area contributed by atoms with Crippen LogP contribution in [0.25, 0.3) is 0 Å². The van der Waals surface area contributed by atoms with E-state index in [0.717, 1.165) is 18.4 Å². The average molecular weight is 335 g/mol. The summed E-state index contributed by atoms with van der Waals surface area (Å²) in [5, 5.41) is 2.97. The molecule has 0 spiro atoms. The van der Waals surface area contributed by atoms with Gasteiger partial charge in [-0.25, -0.2) is 4.39 Å². The molecule has 0 bridgehead atoms. The SMILES string of the molecule is Cl.NC(CC(=O)NC1(c2ccccc2F)CC1)c1ccccc1. The molecule has 1 atom stereocenters. The zero-order chi connectivity index (χ0) is 15.6. The number of nitrogens with two attached hydrogens (primary N) is 1. The van der Waals surface area contributed by atoms with Crippen molar-refractivity contribution in [2.75, 3.05) is 0 Å². The normalized spacial score (nSPS) is 16.1. The smallest absolute Gasteiger partial charge is 0.222 e. The third-order valence-electron chi connectivity index (χ3n) is 4.15. The van der Waals surface area contributed by atoms with Crippen LogP contribution in [0.1, 0.15) is 36.4 Å². The Hall–Kier alpha value is -1.91. The monoisotopic (exact) mass is 334 g/mol. The largest absolute Gasteiger partial charge is 0.346 e. The van der Waals surface area contributed by atoms with Gasteiger partial charge in [-0.1, -0.05) is 48.5 Å². The van der Waals surface area contributed by atoms with E-state index in [2.05, 4.69) is 5.32 Å². The second kappa shape index (κ2) is 7.11. The van der Waals surface area contributed by atoms with E-state index in [-0.39, 0.29) is 36.6 Å². The Kier molecular flexibility index (Phi) is 5.39. The molecule has 1 amide bonds. The van der Waals surface area contributed by atoms with Crippen molar-refractivity contribution in [3.63, 3.8) is 0 Å². The molecule has 1 fully saturated rings. The van der Waals surface area contributed by atoms with Gasteiger partial charge in [0.25, 0.3) is 0 Å². The van der Waals surface area contributed by atoms with E-state index < -0.39 is 5.54 Å². The summed E-state index contributed by atoms with van der Waals surface area (Å²) in [6, 6.07) is 15.8. The summed E-state index contributed by atoms with van der Waals surface area (Å²) in [7, 11) is 0. The number of carbonyl (C=O) groups is 1. The van der Waals surface area contributed by atoms with Crippen LogP contribution >= 0.6 is 12.4 Å². The van der Waals surface area contributed by atoms with E-state index in [1.165, 1.54) is 6.07 Å².